The van der Waals surface area contributed by atoms with Crippen LogP contribution in [0.4, 0.5) is 10.1 Å². The predicted molar refractivity (Wildman–Crippen MR) is 158 cm³/mol. The first-order valence-electron chi connectivity index (χ1n) is 13.5. The number of halogens is 1. The van der Waals surface area contributed by atoms with E-state index in [4.69, 9.17) is 4.74 Å². The molecule has 1 N–H and O–H groups in total. The van der Waals surface area contributed by atoms with E-state index in [-0.39, 0.29) is 29.0 Å². The number of rotatable bonds is 13. The Bertz CT molecular complexity index is 1430. The van der Waals surface area contributed by atoms with Crippen molar-refractivity contribution in [3.05, 3.63) is 89.7 Å². The smallest absolute Gasteiger partial charge is 0.264 e. The lowest BCUT2D eigenvalue weighted by Crippen LogP contribution is -2.52. The molecule has 0 aliphatic rings. The third kappa shape index (κ3) is 8.29. The lowest BCUT2D eigenvalue weighted by atomic mass is 10.1. The minimum Gasteiger partial charge on any atom is -0.497 e. The van der Waals surface area contributed by atoms with Crippen LogP contribution < -0.4 is 14.4 Å². The van der Waals surface area contributed by atoms with Gasteiger partial charge >= 0.3 is 0 Å². The van der Waals surface area contributed by atoms with Crippen molar-refractivity contribution in [1.82, 2.24) is 10.2 Å². The highest BCUT2D eigenvalue weighted by Crippen LogP contribution is 2.26. The Morgan fingerprint density at radius 3 is 2.24 bits per heavy atom. The van der Waals surface area contributed by atoms with Gasteiger partial charge in [0.05, 0.1) is 17.7 Å². The molecule has 0 spiro atoms. The number of hydrogen-bond donors (Lipinski definition) is 1. The van der Waals surface area contributed by atoms with E-state index in [1.54, 1.807) is 37.3 Å². The van der Waals surface area contributed by atoms with Crippen LogP contribution in [-0.2, 0) is 26.2 Å². The average molecular weight is 584 g/mol. The summed E-state index contributed by atoms with van der Waals surface area (Å²) in [6.07, 6.45) is 0.306. The topological polar surface area (TPSA) is 96.0 Å². The Hall–Kier alpha value is -3.92. The van der Waals surface area contributed by atoms with E-state index in [0.29, 0.717) is 24.3 Å². The van der Waals surface area contributed by atoms with Crippen LogP contribution >= 0.6 is 0 Å². The first kappa shape index (κ1) is 31.6. The van der Waals surface area contributed by atoms with Gasteiger partial charge in [-0.25, -0.2) is 12.8 Å². The van der Waals surface area contributed by atoms with Gasteiger partial charge in [-0.15, -0.1) is 0 Å². The number of hydrogen-bond acceptors (Lipinski definition) is 5. The minimum absolute atomic E-state index is 0.0127. The van der Waals surface area contributed by atoms with Crippen molar-refractivity contribution in [2.24, 2.45) is 5.92 Å². The SMILES string of the molecule is CCC(C(=O)NCC(C)C)N(Cc1cccc(OC)c1)C(=O)CN(c1ccc(F)cc1)S(=O)(=O)c1ccc(C)cc1. The quantitative estimate of drug-likeness (QED) is 0.308. The van der Waals surface area contributed by atoms with E-state index in [2.05, 4.69) is 5.32 Å². The Kier molecular flexibility index (Phi) is 10.9. The van der Waals surface area contributed by atoms with Crippen LogP contribution in [0.5, 0.6) is 5.75 Å². The molecule has 0 heterocycles. The maximum atomic E-state index is 14.1. The normalized spacial score (nSPS) is 12.1. The molecule has 3 rings (SSSR count). The van der Waals surface area contributed by atoms with Crippen molar-refractivity contribution in [3.63, 3.8) is 0 Å². The van der Waals surface area contributed by atoms with Gasteiger partial charge in [0.25, 0.3) is 10.0 Å². The fraction of sp³-hybridized carbons (Fsp3) is 0.355. The summed E-state index contributed by atoms with van der Waals surface area (Å²) < 4.78 is 47.8. The Morgan fingerprint density at radius 1 is 1.00 bits per heavy atom. The van der Waals surface area contributed by atoms with Gasteiger partial charge in [-0.2, -0.15) is 0 Å². The van der Waals surface area contributed by atoms with Gasteiger partial charge < -0.3 is 15.0 Å². The number of carbonyl (C=O) groups excluding carboxylic acids is 2. The molecule has 1 atom stereocenters. The monoisotopic (exact) mass is 583 g/mol. The van der Waals surface area contributed by atoms with Crippen molar-refractivity contribution in [1.29, 1.82) is 0 Å². The van der Waals surface area contributed by atoms with E-state index >= 15 is 0 Å². The molecule has 0 fully saturated rings. The Balaban J connectivity index is 2.05. The van der Waals surface area contributed by atoms with Gasteiger partial charge in [0.1, 0.15) is 24.2 Å². The summed E-state index contributed by atoms with van der Waals surface area (Å²) in [6, 6.07) is 17.4. The second kappa shape index (κ2) is 14.1. The highest BCUT2D eigenvalue weighted by Gasteiger charge is 2.33. The first-order valence-corrected chi connectivity index (χ1v) is 14.9. The van der Waals surface area contributed by atoms with Crippen LogP contribution in [0.15, 0.2) is 77.7 Å². The van der Waals surface area contributed by atoms with Gasteiger partial charge in [-0.1, -0.05) is 50.6 Å². The van der Waals surface area contributed by atoms with Crippen LogP contribution in [0.2, 0.25) is 0 Å². The zero-order chi connectivity index (χ0) is 30.2. The van der Waals surface area contributed by atoms with Crippen LogP contribution in [0, 0.1) is 18.7 Å². The van der Waals surface area contributed by atoms with E-state index in [1.165, 1.54) is 36.3 Å². The summed E-state index contributed by atoms with van der Waals surface area (Å²) in [4.78, 5) is 28.7. The van der Waals surface area contributed by atoms with E-state index < -0.39 is 34.3 Å². The largest absolute Gasteiger partial charge is 0.497 e. The molecule has 3 aromatic rings. The predicted octanol–water partition coefficient (Wildman–Crippen LogP) is 4.92. The standard InChI is InChI=1S/C31H38FN3O5S/c1-6-29(31(37)33-19-22(2)3)34(20-24-8-7-9-27(18-24)40-5)30(36)21-35(26-14-12-25(32)13-15-26)41(38,39)28-16-10-23(4)11-17-28/h7-18,22,29H,6,19-21H2,1-5H3,(H,33,37). The fourth-order valence-electron chi connectivity index (χ4n) is 4.28. The molecule has 41 heavy (non-hydrogen) atoms. The summed E-state index contributed by atoms with van der Waals surface area (Å²) in [6.45, 7) is 7.45. The second-order valence-corrected chi connectivity index (χ2v) is 12.1. The molecule has 10 heteroatoms. The molecule has 8 nitrogen and oxygen atoms in total. The molecule has 0 bridgehead atoms. The molecule has 0 radical (unpaired) electrons. The van der Waals surface area contributed by atoms with Gasteiger partial charge in [-0.05, 0) is 73.4 Å². The number of aryl methyl sites for hydroxylation is 1. The summed E-state index contributed by atoms with van der Waals surface area (Å²) in [5.41, 5.74) is 1.71. The summed E-state index contributed by atoms with van der Waals surface area (Å²) in [7, 11) is -2.69. The lowest BCUT2D eigenvalue weighted by Gasteiger charge is -2.33. The molecule has 0 aromatic heterocycles. The van der Waals surface area contributed by atoms with Crippen molar-refractivity contribution < 1.29 is 27.1 Å². The van der Waals surface area contributed by atoms with Gasteiger partial charge in [0, 0.05) is 13.1 Å². The van der Waals surface area contributed by atoms with Crippen LogP contribution in [0.25, 0.3) is 0 Å². The molecule has 0 aliphatic carbocycles. The molecule has 0 saturated carbocycles. The number of nitrogens with zero attached hydrogens (tertiary/aromatic N) is 2. The molecule has 2 amide bonds. The maximum absolute atomic E-state index is 14.1. The first-order chi connectivity index (χ1) is 19.5. The molecule has 0 aliphatic heterocycles. The third-order valence-corrected chi connectivity index (χ3v) is 8.35. The molecule has 3 aromatic carbocycles. The highest BCUT2D eigenvalue weighted by molar-refractivity contribution is 7.92. The van der Waals surface area contributed by atoms with E-state index in [9.17, 15) is 22.4 Å². The summed E-state index contributed by atoms with van der Waals surface area (Å²) in [5, 5.41) is 2.90. The number of sulfonamides is 1. The molecular formula is C31H38FN3O5S. The average Bonchev–Trinajstić information content (AvgIpc) is 2.95. The molecule has 0 saturated heterocycles. The van der Waals surface area contributed by atoms with Crippen molar-refractivity contribution >= 4 is 27.5 Å². The van der Waals surface area contributed by atoms with Crippen LogP contribution in [0.1, 0.15) is 38.3 Å². The van der Waals surface area contributed by atoms with Gasteiger partial charge in [0.2, 0.25) is 11.8 Å². The van der Waals surface area contributed by atoms with Gasteiger partial charge in [-0.3, -0.25) is 13.9 Å². The fourth-order valence-corrected chi connectivity index (χ4v) is 5.70. The zero-order valence-electron chi connectivity index (χ0n) is 24.1. The van der Waals surface area contributed by atoms with E-state index in [1.807, 2.05) is 26.8 Å². The number of methoxy groups -OCH3 is 1. The maximum Gasteiger partial charge on any atom is 0.264 e. The van der Waals surface area contributed by atoms with Crippen molar-refractivity contribution in [2.45, 2.75) is 51.6 Å². The zero-order valence-corrected chi connectivity index (χ0v) is 24.9. The number of amides is 2. The molecule has 220 valence electrons. The van der Waals surface area contributed by atoms with Crippen LogP contribution in [-0.4, -0.2) is 51.4 Å². The number of ether oxygens (including phenoxy) is 1. The molecule has 1 unspecified atom stereocenters. The lowest BCUT2D eigenvalue weighted by molar-refractivity contribution is -0.140. The minimum atomic E-state index is -4.23. The molecular weight excluding hydrogens is 545 g/mol. The van der Waals surface area contributed by atoms with Crippen molar-refractivity contribution in [2.75, 3.05) is 24.5 Å². The summed E-state index contributed by atoms with van der Waals surface area (Å²) >= 11 is 0. The van der Waals surface area contributed by atoms with Crippen molar-refractivity contribution in [3.8, 4) is 5.75 Å². The Labute approximate surface area is 242 Å². The highest BCUT2D eigenvalue weighted by atomic mass is 32.2. The Morgan fingerprint density at radius 2 is 1.66 bits per heavy atom. The van der Waals surface area contributed by atoms with E-state index in [0.717, 1.165) is 22.0 Å². The summed E-state index contributed by atoms with van der Waals surface area (Å²) in [5.74, 6) is -0.665. The van der Waals surface area contributed by atoms with Gasteiger partial charge in [0.15, 0.2) is 0 Å². The third-order valence-electron chi connectivity index (χ3n) is 6.56. The number of carbonyl (C=O) groups is 2. The number of benzene rings is 3. The second-order valence-electron chi connectivity index (χ2n) is 10.2. The number of nitrogens with one attached hydrogen (secondary N) is 1. The number of anilines is 1. The van der Waals surface area contributed by atoms with Crippen LogP contribution in [0.3, 0.4) is 0 Å².